The van der Waals surface area contributed by atoms with Crippen LogP contribution in [0.5, 0.6) is 5.75 Å². The average molecular weight is 433 g/mol. The van der Waals surface area contributed by atoms with Gasteiger partial charge in [-0.2, -0.15) is 0 Å². The maximum absolute atomic E-state index is 13.5. The molecule has 156 valence electrons. The Morgan fingerprint density at radius 1 is 0.903 bits per heavy atom. The van der Waals surface area contributed by atoms with Gasteiger partial charge in [0.15, 0.2) is 0 Å². The highest BCUT2D eigenvalue weighted by molar-refractivity contribution is 6.46. The number of amides is 2. The zero-order valence-electron chi connectivity index (χ0n) is 17.4. The van der Waals surface area contributed by atoms with Gasteiger partial charge >= 0.3 is 0 Å². The second kappa shape index (κ2) is 8.28. The second-order valence-electron chi connectivity index (χ2n) is 7.32. The molecule has 0 bridgehead atoms. The summed E-state index contributed by atoms with van der Waals surface area (Å²) < 4.78 is 5.39. The first-order valence-corrected chi connectivity index (χ1v) is 10.1. The molecule has 0 spiro atoms. The summed E-state index contributed by atoms with van der Waals surface area (Å²) in [6.45, 7) is 3.96. The molecule has 1 aliphatic rings. The summed E-state index contributed by atoms with van der Waals surface area (Å²) in [5.74, 6) is -0.528. The maximum atomic E-state index is 13.5. The van der Waals surface area contributed by atoms with Crippen LogP contribution >= 0.6 is 11.6 Å². The van der Waals surface area contributed by atoms with Gasteiger partial charge < -0.3 is 10.1 Å². The number of anilines is 2. The van der Waals surface area contributed by atoms with E-state index in [0.717, 1.165) is 21.7 Å². The lowest BCUT2D eigenvalue weighted by atomic mass is 10.0. The van der Waals surface area contributed by atoms with Gasteiger partial charge in [-0.3, -0.25) is 9.59 Å². The lowest BCUT2D eigenvalue weighted by Gasteiger charge is -2.19. The smallest absolute Gasteiger partial charge is 0.282 e. The van der Waals surface area contributed by atoms with E-state index in [9.17, 15) is 9.59 Å². The highest BCUT2D eigenvalue weighted by Crippen LogP contribution is 2.39. The topological polar surface area (TPSA) is 58.6 Å². The molecule has 0 aromatic heterocycles. The van der Waals surface area contributed by atoms with Gasteiger partial charge in [-0.05, 0) is 49.2 Å². The number of imide groups is 1. The molecule has 1 heterocycles. The quantitative estimate of drug-likeness (QED) is 0.551. The summed E-state index contributed by atoms with van der Waals surface area (Å²) in [6.07, 6.45) is 0. The molecule has 3 aromatic rings. The van der Waals surface area contributed by atoms with Crippen LogP contribution in [0.3, 0.4) is 0 Å². The molecule has 0 atom stereocenters. The van der Waals surface area contributed by atoms with E-state index in [1.54, 1.807) is 18.2 Å². The van der Waals surface area contributed by atoms with Crippen molar-refractivity contribution in [2.24, 2.45) is 0 Å². The Labute approximate surface area is 185 Å². The number of hydrogen-bond acceptors (Lipinski definition) is 4. The van der Waals surface area contributed by atoms with E-state index in [-0.39, 0.29) is 5.70 Å². The molecule has 0 saturated heterocycles. The van der Waals surface area contributed by atoms with E-state index in [4.69, 9.17) is 16.3 Å². The molecule has 1 N–H and O–H groups in total. The van der Waals surface area contributed by atoms with Crippen LogP contribution in [0.25, 0.3) is 5.57 Å². The largest absolute Gasteiger partial charge is 0.495 e. The van der Waals surface area contributed by atoms with Gasteiger partial charge in [-0.25, -0.2) is 4.90 Å². The lowest BCUT2D eigenvalue weighted by molar-refractivity contribution is -0.120. The van der Waals surface area contributed by atoms with Gasteiger partial charge in [0, 0.05) is 10.7 Å². The van der Waals surface area contributed by atoms with Gasteiger partial charge in [-0.15, -0.1) is 0 Å². The average Bonchev–Trinajstić information content (AvgIpc) is 3.00. The molecular formula is C25H21ClN2O3. The normalized spacial score (nSPS) is 13.7. The maximum Gasteiger partial charge on any atom is 0.282 e. The molecule has 0 fully saturated rings. The predicted octanol–water partition coefficient (Wildman–Crippen LogP) is 5.36. The fourth-order valence-corrected chi connectivity index (χ4v) is 3.83. The number of halogens is 1. The van der Waals surface area contributed by atoms with Crippen LogP contribution in [0.4, 0.5) is 11.4 Å². The van der Waals surface area contributed by atoms with E-state index >= 15 is 0 Å². The number of ether oxygens (including phenoxy) is 1. The van der Waals surface area contributed by atoms with Crippen LogP contribution in [0.1, 0.15) is 16.7 Å². The molecule has 2 amide bonds. The number of nitrogens with zero attached hydrogens (tertiary/aromatic N) is 1. The van der Waals surface area contributed by atoms with Crippen molar-refractivity contribution in [2.45, 2.75) is 13.8 Å². The summed E-state index contributed by atoms with van der Waals surface area (Å²) in [5.41, 5.74) is 4.30. The zero-order valence-corrected chi connectivity index (χ0v) is 18.2. The Bertz CT molecular complexity index is 1220. The molecular weight excluding hydrogens is 412 g/mol. The summed E-state index contributed by atoms with van der Waals surface area (Å²) >= 11 is 6.17. The molecule has 0 unspecified atom stereocenters. The SMILES string of the molecule is COc1ccc(Cl)cc1N1C(=O)C(Nc2ccc(C)cc2C)=C(c2ccccc2)C1=O. The van der Waals surface area contributed by atoms with Crippen molar-refractivity contribution >= 4 is 40.4 Å². The van der Waals surface area contributed by atoms with Crippen molar-refractivity contribution in [3.8, 4) is 5.75 Å². The van der Waals surface area contributed by atoms with Crippen molar-refractivity contribution in [1.82, 2.24) is 0 Å². The van der Waals surface area contributed by atoms with E-state index < -0.39 is 11.8 Å². The molecule has 1 aliphatic heterocycles. The number of methoxy groups -OCH3 is 1. The van der Waals surface area contributed by atoms with Crippen molar-refractivity contribution in [3.63, 3.8) is 0 Å². The third-order valence-corrected chi connectivity index (χ3v) is 5.40. The summed E-state index contributed by atoms with van der Waals surface area (Å²) in [4.78, 5) is 28.2. The van der Waals surface area contributed by atoms with Gasteiger partial charge in [0.2, 0.25) is 0 Å². The Morgan fingerprint density at radius 2 is 1.65 bits per heavy atom. The van der Waals surface area contributed by atoms with Crippen LogP contribution in [-0.2, 0) is 9.59 Å². The van der Waals surface area contributed by atoms with E-state index in [2.05, 4.69) is 5.32 Å². The van der Waals surface area contributed by atoms with Gasteiger partial charge in [0.05, 0.1) is 18.4 Å². The van der Waals surface area contributed by atoms with Gasteiger partial charge in [0.25, 0.3) is 11.8 Å². The standard InChI is InChI=1S/C25H21ClN2O3/c1-15-9-11-19(16(2)13-15)27-23-22(17-7-5-4-6-8-17)24(29)28(25(23)30)20-14-18(26)10-12-21(20)31-3/h4-14,27H,1-3H3. The minimum atomic E-state index is -0.468. The fraction of sp³-hybridized carbons (Fsp3) is 0.120. The second-order valence-corrected chi connectivity index (χ2v) is 7.76. The number of nitrogens with one attached hydrogen (secondary N) is 1. The molecule has 0 aliphatic carbocycles. The first-order chi connectivity index (χ1) is 14.9. The van der Waals surface area contributed by atoms with Crippen LogP contribution in [0.15, 0.2) is 72.4 Å². The Balaban J connectivity index is 1.86. The molecule has 5 nitrogen and oxygen atoms in total. The van der Waals surface area contributed by atoms with Crippen LogP contribution in [0.2, 0.25) is 5.02 Å². The molecule has 4 rings (SSSR count). The Kier molecular flexibility index (Phi) is 5.53. The first kappa shape index (κ1) is 20.7. The Morgan fingerprint density at radius 3 is 2.32 bits per heavy atom. The van der Waals surface area contributed by atoms with E-state index in [1.165, 1.54) is 7.11 Å². The first-order valence-electron chi connectivity index (χ1n) is 9.77. The number of rotatable bonds is 5. The fourth-order valence-electron chi connectivity index (χ4n) is 3.66. The molecule has 0 radical (unpaired) electrons. The molecule has 0 saturated carbocycles. The van der Waals surface area contributed by atoms with Crippen LogP contribution in [0, 0.1) is 13.8 Å². The summed E-state index contributed by atoms with van der Waals surface area (Å²) in [7, 11) is 1.48. The lowest BCUT2D eigenvalue weighted by Crippen LogP contribution is -2.32. The highest BCUT2D eigenvalue weighted by atomic mass is 35.5. The molecule has 6 heteroatoms. The van der Waals surface area contributed by atoms with Crippen molar-refractivity contribution in [3.05, 3.63) is 94.1 Å². The van der Waals surface area contributed by atoms with Crippen molar-refractivity contribution < 1.29 is 14.3 Å². The van der Waals surface area contributed by atoms with Crippen molar-refractivity contribution in [1.29, 1.82) is 0 Å². The van der Waals surface area contributed by atoms with E-state index in [0.29, 0.717) is 27.6 Å². The number of hydrogen-bond donors (Lipinski definition) is 1. The van der Waals surface area contributed by atoms with Crippen LogP contribution < -0.4 is 15.0 Å². The number of aryl methyl sites for hydroxylation is 2. The third kappa shape index (κ3) is 3.80. The molecule has 31 heavy (non-hydrogen) atoms. The minimum absolute atomic E-state index is 0.213. The minimum Gasteiger partial charge on any atom is -0.495 e. The summed E-state index contributed by atoms with van der Waals surface area (Å²) in [6, 6.07) is 19.9. The molecule has 3 aromatic carbocycles. The zero-order chi connectivity index (χ0) is 22.1. The monoisotopic (exact) mass is 432 g/mol. The van der Waals surface area contributed by atoms with Gasteiger partial charge in [-0.1, -0.05) is 59.6 Å². The Hall–Kier alpha value is -3.57. The van der Waals surface area contributed by atoms with Gasteiger partial charge in [0.1, 0.15) is 11.4 Å². The van der Waals surface area contributed by atoms with E-state index in [1.807, 2.05) is 62.4 Å². The predicted molar refractivity (Wildman–Crippen MR) is 123 cm³/mol. The highest BCUT2D eigenvalue weighted by Gasteiger charge is 2.41. The van der Waals surface area contributed by atoms with Crippen LogP contribution in [-0.4, -0.2) is 18.9 Å². The van der Waals surface area contributed by atoms with Crippen molar-refractivity contribution in [2.75, 3.05) is 17.3 Å². The number of benzene rings is 3. The number of carbonyl (C=O) groups excluding carboxylic acids is 2. The number of carbonyl (C=O) groups is 2. The summed E-state index contributed by atoms with van der Waals surface area (Å²) in [5, 5.41) is 3.61. The third-order valence-electron chi connectivity index (χ3n) is 5.17.